The molecule has 0 spiro atoms. The van der Waals surface area contributed by atoms with Gasteiger partial charge in [0.15, 0.2) is 0 Å². The molecule has 2 aromatic rings. The van der Waals surface area contributed by atoms with Crippen molar-refractivity contribution in [3.63, 3.8) is 0 Å². The Labute approximate surface area is 118 Å². The van der Waals surface area contributed by atoms with Crippen LogP contribution in [0.15, 0.2) is 36.5 Å². The monoisotopic (exact) mass is 270 g/mol. The van der Waals surface area contributed by atoms with Crippen LogP contribution >= 0.6 is 0 Å². The number of carbonyl (C=O) groups excluding carboxylic acids is 1. The van der Waals surface area contributed by atoms with Crippen molar-refractivity contribution in [2.45, 2.75) is 19.9 Å². The smallest absolute Gasteiger partial charge is 0.251 e. The highest BCUT2D eigenvalue weighted by atomic mass is 16.1. The highest BCUT2D eigenvalue weighted by Gasteiger charge is 2.05. The van der Waals surface area contributed by atoms with Crippen LogP contribution in [0.25, 0.3) is 0 Å². The van der Waals surface area contributed by atoms with Gasteiger partial charge < -0.3 is 11.1 Å². The minimum atomic E-state index is -0.111. The van der Waals surface area contributed by atoms with E-state index >= 15 is 0 Å². The molecular weight excluding hydrogens is 252 g/mol. The summed E-state index contributed by atoms with van der Waals surface area (Å²) in [6.45, 7) is 2.83. The average molecular weight is 270 g/mol. The number of nitrogens with two attached hydrogens (primary N) is 1. The van der Waals surface area contributed by atoms with Crippen molar-refractivity contribution in [2.75, 3.05) is 6.54 Å². The maximum atomic E-state index is 12.0. The molecule has 0 unspecified atom stereocenters. The third kappa shape index (κ3) is 3.86. The van der Waals surface area contributed by atoms with Gasteiger partial charge in [-0.25, -0.2) is 9.97 Å². The Bertz CT molecular complexity index is 581. The van der Waals surface area contributed by atoms with Gasteiger partial charge in [0.2, 0.25) is 0 Å². The lowest BCUT2D eigenvalue weighted by atomic mass is 10.1. The van der Waals surface area contributed by atoms with E-state index in [1.165, 1.54) is 0 Å². The zero-order chi connectivity index (χ0) is 14.4. The fourth-order valence-corrected chi connectivity index (χ4v) is 1.87. The van der Waals surface area contributed by atoms with E-state index in [1.54, 1.807) is 12.3 Å². The number of aromatic nitrogens is 2. The second-order valence-corrected chi connectivity index (χ2v) is 4.51. The largest absolute Gasteiger partial charge is 0.346 e. The van der Waals surface area contributed by atoms with Gasteiger partial charge in [-0.2, -0.15) is 0 Å². The molecular formula is C15H18N4O. The van der Waals surface area contributed by atoms with Gasteiger partial charge in [-0.05, 0) is 43.7 Å². The molecule has 0 saturated heterocycles. The molecule has 20 heavy (non-hydrogen) atoms. The Morgan fingerprint density at radius 3 is 2.65 bits per heavy atom. The van der Waals surface area contributed by atoms with Gasteiger partial charge in [-0.1, -0.05) is 12.1 Å². The molecule has 0 aliphatic rings. The van der Waals surface area contributed by atoms with E-state index in [0.717, 1.165) is 17.7 Å². The first kappa shape index (κ1) is 14.1. The summed E-state index contributed by atoms with van der Waals surface area (Å²) >= 11 is 0. The standard InChI is InChI=1S/C15H18N4O/c1-11-17-9-7-14(19-11)10-18-15(20)13-4-2-12(3-5-13)6-8-16/h2-5,7,9H,6,8,10,16H2,1H3,(H,18,20). The number of nitrogens with zero attached hydrogens (tertiary/aromatic N) is 2. The molecule has 0 fully saturated rings. The number of aryl methyl sites for hydroxylation is 1. The number of amides is 1. The van der Waals surface area contributed by atoms with Crippen LogP contribution in [-0.4, -0.2) is 22.4 Å². The summed E-state index contributed by atoms with van der Waals surface area (Å²) in [7, 11) is 0. The van der Waals surface area contributed by atoms with Crippen LogP contribution in [0, 0.1) is 6.92 Å². The molecule has 3 N–H and O–H groups in total. The number of carbonyl (C=O) groups is 1. The van der Waals surface area contributed by atoms with Crippen LogP contribution in [0.1, 0.15) is 27.4 Å². The van der Waals surface area contributed by atoms with E-state index in [1.807, 2.05) is 31.2 Å². The van der Waals surface area contributed by atoms with E-state index in [2.05, 4.69) is 15.3 Å². The Morgan fingerprint density at radius 1 is 1.25 bits per heavy atom. The molecule has 1 aromatic carbocycles. The lowest BCUT2D eigenvalue weighted by Gasteiger charge is -2.06. The molecule has 1 heterocycles. The second-order valence-electron chi connectivity index (χ2n) is 4.51. The number of nitrogens with one attached hydrogen (secondary N) is 1. The van der Waals surface area contributed by atoms with Gasteiger partial charge in [-0.15, -0.1) is 0 Å². The van der Waals surface area contributed by atoms with E-state index in [4.69, 9.17) is 5.73 Å². The number of rotatable bonds is 5. The number of hydrogen-bond donors (Lipinski definition) is 2. The summed E-state index contributed by atoms with van der Waals surface area (Å²) in [6, 6.07) is 9.27. The number of hydrogen-bond acceptors (Lipinski definition) is 4. The highest BCUT2D eigenvalue weighted by molar-refractivity contribution is 5.94. The summed E-state index contributed by atoms with van der Waals surface area (Å²) in [4.78, 5) is 20.2. The average Bonchev–Trinajstić information content (AvgIpc) is 2.46. The van der Waals surface area contributed by atoms with Crippen molar-refractivity contribution in [1.82, 2.24) is 15.3 Å². The summed E-state index contributed by atoms with van der Waals surface area (Å²) < 4.78 is 0. The van der Waals surface area contributed by atoms with Crippen LogP contribution < -0.4 is 11.1 Å². The third-order valence-electron chi connectivity index (χ3n) is 2.91. The minimum Gasteiger partial charge on any atom is -0.346 e. The van der Waals surface area contributed by atoms with Crippen molar-refractivity contribution in [3.05, 3.63) is 59.2 Å². The maximum absolute atomic E-state index is 12.0. The van der Waals surface area contributed by atoms with E-state index in [0.29, 0.717) is 24.5 Å². The summed E-state index contributed by atoms with van der Waals surface area (Å²) in [5.41, 5.74) is 8.06. The molecule has 5 nitrogen and oxygen atoms in total. The first-order valence-electron chi connectivity index (χ1n) is 6.55. The van der Waals surface area contributed by atoms with Crippen molar-refractivity contribution in [1.29, 1.82) is 0 Å². The van der Waals surface area contributed by atoms with Crippen molar-refractivity contribution >= 4 is 5.91 Å². The van der Waals surface area contributed by atoms with Gasteiger partial charge in [0, 0.05) is 11.8 Å². The van der Waals surface area contributed by atoms with Crippen molar-refractivity contribution in [3.8, 4) is 0 Å². The second kappa shape index (κ2) is 6.77. The molecule has 0 bridgehead atoms. The molecule has 104 valence electrons. The Balaban J connectivity index is 1.94. The van der Waals surface area contributed by atoms with Crippen molar-refractivity contribution < 1.29 is 4.79 Å². The normalized spacial score (nSPS) is 10.3. The molecule has 0 aliphatic heterocycles. The van der Waals surface area contributed by atoms with Crippen LogP contribution in [0.5, 0.6) is 0 Å². The third-order valence-corrected chi connectivity index (χ3v) is 2.91. The first-order valence-corrected chi connectivity index (χ1v) is 6.55. The quantitative estimate of drug-likeness (QED) is 0.856. The van der Waals surface area contributed by atoms with Crippen LogP contribution in [0.4, 0.5) is 0 Å². The zero-order valence-electron chi connectivity index (χ0n) is 11.5. The lowest BCUT2D eigenvalue weighted by Crippen LogP contribution is -2.23. The van der Waals surface area contributed by atoms with Gasteiger partial charge in [0.25, 0.3) is 5.91 Å². The summed E-state index contributed by atoms with van der Waals surface area (Å²) in [5.74, 6) is 0.587. The molecule has 1 amide bonds. The van der Waals surface area contributed by atoms with E-state index < -0.39 is 0 Å². The summed E-state index contributed by atoms with van der Waals surface area (Å²) in [5, 5.41) is 2.84. The first-order chi connectivity index (χ1) is 9.69. The predicted octanol–water partition coefficient (Wildman–Crippen LogP) is 1.22. The van der Waals surface area contributed by atoms with Gasteiger partial charge in [0.05, 0.1) is 12.2 Å². The molecule has 0 radical (unpaired) electrons. The van der Waals surface area contributed by atoms with Crippen LogP contribution in [0.3, 0.4) is 0 Å². The molecule has 5 heteroatoms. The fourth-order valence-electron chi connectivity index (χ4n) is 1.87. The Kier molecular flexibility index (Phi) is 4.79. The van der Waals surface area contributed by atoms with Gasteiger partial charge in [0.1, 0.15) is 5.82 Å². The number of benzene rings is 1. The topological polar surface area (TPSA) is 80.9 Å². The molecule has 0 aliphatic carbocycles. The maximum Gasteiger partial charge on any atom is 0.251 e. The zero-order valence-corrected chi connectivity index (χ0v) is 11.5. The molecule has 2 rings (SSSR count). The fraction of sp³-hybridized carbons (Fsp3) is 0.267. The highest BCUT2D eigenvalue weighted by Crippen LogP contribution is 2.05. The molecule has 0 saturated carbocycles. The van der Waals surface area contributed by atoms with Crippen LogP contribution in [0.2, 0.25) is 0 Å². The van der Waals surface area contributed by atoms with Crippen LogP contribution in [-0.2, 0) is 13.0 Å². The van der Waals surface area contributed by atoms with Gasteiger partial charge >= 0.3 is 0 Å². The SMILES string of the molecule is Cc1nccc(CNC(=O)c2ccc(CCN)cc2)n1. The van der Waals surface area contributed by atoms with Crippen molar-refractivity contribution in [2.24, 2.45) is 5.73 Å². The summed E-state index contributed by atoms with van der Waals surface area (Å²) in [6.07, 6.45) is 2.51. The van der Waals surface area contributed by atoms with E-state index in [9.17, 15) is 4.79 Å². The minimum absolute atomic E-state index is 0.111. The predicted molar refractivity (Wildman–Crippen MR) is 77.1 cm³/mol. The lowest BCUT2D eigenvalue weighted by molar-refractivity contribution is 0.0950. The van der Waals surface area contributed by atoms with Gasteiger partial charge in [-0.3, -0.25) is 4.79 Å². The molecule has 1 aromatic heterocycles. The van der Waals surface area contributed by atoms with E-state index in [-0.39, 0.29) is 5.91 Å². The Morgan fingerprint density at radius 2 is 2.00 bits per heavy atom. The molecule has 0 atom stereocenters. The Hall–Kier alpha value is -2.27.